The minimum absolute atomic E-state index is 0.0604. The van der Waals surface area contributed by atoms with Gasteiger partial charge in [0.25, 0.3) is 0 Å². The van der Waals surface area contributed by atoms with E-state index in [-0.39, 0.29) is 12.5 Å². The van der Waals surface area contributed by atoms with Crippen molar-refractivity contribution in [3.05, 3.63) is 76.9 Å². The topological polar surface area (TPSA) is 47.4 Å². The third kappa shape index (κ3) is 4.76. The van der Waals surface area contributed by atoms with Gasteiger partial charge in [-0.05, 0) is 11.6 Å². The summed E-state index contributed by atoms with van der Waals surface area (Å²) < 4.78 is 6.82. The molecule has 0 fully saturated rings. The monoisotopic (exact) mass is 383 g/mol. The van der Waals surface area contributed by atoms with E-state index in [0.29, 0.717) is 18.1 Å². The predicted octanol–water partition coefficient (Wildman–Crippen LogP) is 3.86. The molecule has 2 aromatic carbocycles. The van der Waals surface area contributed by atoms with Gasteiger partial charge in [0, 0.05) is 43.0 Å². The van der Waals surface area contributed by atoms with Gasteiger partial charge in [0.15, 0.2) is 0 Å². The number of amides is 1. The molecule has 0 aliphatic carbocycles. The lowest BCUT2D eigenvalue weighted by Gasteiger charge is -2.16. The van der Waals surface area contributed by atoms with Gasteiger partial charge in [-0.2, -0.15) is 5.10 Å². The summed E-state index contributed by atoms with van der Waals surface area (Å²) in [7, 11) is 3.28. The van der Waals surface area contributed by atoms with Crippen LogP contribution in [0.4, 0.5) is 0 Å². The second-order valence-electron chi connectivity index (χ2n) is 6.34. The Morgan fingerprint density at radius 1 is 1.11 bits per heavy atom. The van der Waals surface area contributed by atoms with Gasteiger partial charge in [-0.15, -0.1) is 0 Å². The summed E-state index contributed by atoms with van der Waals surface area (Å²) in [6.45, 7) is 1.08. The number of hydrogen-bond donors (Lipinski definition) is 0. The molecule has 0 N–H and O–H groups in total. The van der Waals surface area contributed by atoms with E-state index in [9.17, 15) is 4.79 Å². The Balaban J connectivity index is 1.92. The molecule has 1 aromatic heterocycles. The van der Waals surface area contributed by atoms with E-state index in [2.05, 4.69) is 0 Å². The van der Waals surface area contributed by atoms with Crippen molar-refractivity contribution in [1.29, 1.82) is 0 Å². The molecule has 27 heavy (non-hydrogen) atoms. The Hall–Kier alpha value is -2.63. The van der Waals surface area contributed by atoms with Gasteiger partial charge < -0.3 is 9.64 Å². The zero-order chi connectivity index (χ0) is 19.2. The van der Waals surface area contributed by atoms with Gasteiger partial charge in [0.1, 0.15) is 6.61 Å². The average molecular weight is 384 g/mol. The van der Waals surface area contributed by atoms with Gasteiger partial charge in [0.05, 0.1) is 12.2 Å². The van der Waals surface area contributed by atoms with Crippen LogP contribution in [-0.2, 0) is 22.6 Å². The molecule has 0 aliphatic rings. The van der Waals surface area contributed by atoms with E-state index in [0.717, 1.165) is 22.4 Å². The summed E-state index contributed by atoms with van der Waals surface area (Å²) in [6, 6.07) is 17.7. The van der Waals surface area contributed by atoms with Crippen LogP contribution in [0.2, 0.25) is 5.02 Å². The molecule has 0 saturated heterocycles. The normalized spacial score (nSPS) is 10.8. The Morgan fingerprint density at radius 3 is 2.52 bits per heavy atom. The highest BCUT2D eigenvalue weighted by Crippen LogP contribution is 2.24. The highest BCUT2D eigenvalue weighted by molar-refractivity contribution is 6.31. The number of nitrogens with zero attached hydrogens (tertiary/aromatic N) is 3. The van der Waals surface area contributed by atoms with Gasteiger partial charge in [-0.1, -0.05) is 60.1 Å². The molecule has 0 bridgehead atoms. The Bertz CT molecular complexity index is 909. The third-order valence-corrected chi connectivity index (χ3v) is 4.64. The van der Waals surface area contributed by atoms with Crippen LogP contribution in [0.3, 0.4) is 0 Å². The number of benzene rings is 2. The quantitative estimate of drug-likeness (QED) is 0.622. The van der Waals surface area contributed by atoms with Crippen LogP contribution in [-0.4, -0.2) is 41.4 Å². The fourth-order valence-corrected chi connectivity index (χ4v) is 3.07. The van der Waals surface area contributed by atoms with Crippen LogP contribution in [0.15, 0.2) is 60.8 Å². The number of carbonyl (C=O) groups excluding carboxylic acids is 1. The van der Waals surface area contributed by atoms with Crippen molar-refractivity contribution in [2.75, 3.05) is 20.8 Å². The maximum atomic E-state index is 12.1. The van der Waals surface area contributed by atoms with Crippen molar-refractivity contribution < 1.29 is 9.53 Å². The van der Waals surface area contributed by atoms with Crippen LogP contribution < -0.4 is 0 Å². The first-order valence-corrected chi connectivity index (χ1v) is 9.04. The number of halogens is 1. The molecule has 0 unspecified atom stereocenters. The molecule has 5 nitrogen and oxygen atoms in total. The lowest BCUT2D eigenvalue weighted by molar-refractivity contribution is -0.134. The SMILES string of the molecule is COCC(=O)N(C)Cc1cn(Cc2ccccc2Cl)nc1-c1ccccc1. The summed E-state index contributed by atoms with van der Waals surface area (Å²) in [5, 5.41) is 5.48. The predicted molar refractivity (Wildman–Crippen MR) is 107 cm³/mol. The van der Waals surface area contributed by atoms with E-state index >= 15 is 0 Å². The maximum Gasteiger partial charge on any atom is 0.248 e. The number of likely N-dealkylation sites (N-methyl/N-ethyl adjacent to an activating group) is 1. The molecule has 140 valence electrons. The summed E-state index contributed by atoms with van der Waals surface area (Å²) in [5.74, 6) is -0.0737. The smallest absolute Gasteiger partial charge is 0.248 e. The van der Waals surface area contributed by atoms with E-state index in [1.807, 2.05) is 65.5 Å². The maximum absolute atomic E-state index is 12.1. The van der Waals surface area contributed by atoms with Crippen molar-refractivity contribution in [2.24, 2.45) is 0 Å². The van der Waals surface area contributed by atoms with Crippen molar-refractivity contribution >= 4 is 17.5 Å². The molecule has 3 aromatic rings. The highest BCUT2D eigenvalue weighted by atomic mass is 35.5. The molecule has 1 amide bonds. The molecule has 0 atom stereocenters. The van der Waals surface area contributed by atoms with Crippen LogP contribution in [0, 0.1) is 0 Å². The van der Waals surface area contributed by atoms with E-state index in [4.69, 9.17) is 21.4 Å². The van der Waals surface area contributed by atoms with Crippen LogP contribution in [0.5, 0.6) is 0 Å². The number of methoxy groups -OCH3 is 1. The number of hydrogen-bond acceptors (Lipinski definition) is 3. The molecule has 0 saturated carbocycles. The average Bonchev–Trinajstić information content (AvgIpc) is 3.07. The largest absolute Gasteiger partial charge is 0.375 e. The van der Waals surface area contributed by atoms with Crippen LogP contribution in [0.1, 0.15) is 11.1 Å². The van der Waals surface area contributed by atoms with Crippen LogP contribution in [0.25, 0.3) is 11.3 Å². The standard InChI is InChI=1S/C21H22ClN3O2/c1-24(20(26)15-27-2)12-18-14-25(13-17-10-6-7-11-19(17)22)23-21(18)16-8-4-3-5-9-16/h3-11,14H,12-13,15H2,1-2H3. The molecule has 0 aliphatic heterocycles. The Labute approximate surface area is 164 Å². The first-order chi connectivity index (χ1) is 13.1. The van der Waals surface area contributed by atoms with Crippen molar-refractivity contribution in [3.8, 4) is 11.3 Å². The zero-order valence-electron chi connectivity index (χ0n) is 15.4. The molecular weight excluding hydrogens is 362 g/mol. The second-order valence-corrected chi connectivity index (χ2v) is 6.75. The second kappa shape index (κ2) is 8.84. The first-order valence-electron chi connectivity index (χ1n) is 8.66. The Morgan fingerprint density at radius 2 is 1.81 bits per heavy atom. The Kier molecular flexibility index (Phi) is 6.27. The zero-order valence-corrected chi connectivity index (χ0v) is 16.2. The van der Waals surface area contributed by atoms with Gasteiger partial charge in [0.2, 0.25) is 5.91 Å². The van der Waals surface area contributed by atoms with E-state index < -0.39 is 0 Å². The van der Waals surface area contributed by atoms with Crippen molar-refractivity contribution in [2.45, 2.75) is 13.1 Å². The van der Waals surface area contributed by atoms with Gasteiger partial charge >= 0.3 is 0 Å². The lowest BCUT2D eigenvalue weighted by atomic mass is 10.1. The van der Waals surface area contributed by atoms with E-state index in [1.54, 1.807) is 11.9 Å². The molecule has 6 heteroatoms. The number of carbonyl (C=O) groups is 1. The number of rotatable bonds is 7. The summed E-state index contributed by atoms with van der Waals surface area (Å²) >= 11 is 6.29. The summed E-state index contributed by atoms with van der Waals surface area (Å²) in [4.78, 5) is 13.7. The molecule has 1 heterocycles. The lowest BCUT2D eigenvalue weighted by Crippen LogP contribution is -2.29. The number of ether oxygens (including phenoxy) is 1. The number of aromatic nitrogens is 2. The first kappa shape index (κ1) is 19.1. The third-order valence-electron chi connectivity index (χ3n) is 4.28. The van der Waals surface area contributed by atoms with Crippen molar-refractivity contribution in [3.63, 3.8) is 0 Å². The fourth-order valence-electron chi connectivity index (χ4n) is 2.88. The van der Waals surface area contributed by atoms with Gasteiger partial charge in [-0.25, -0.2) is 0 Å². The fraction of sp³-hybridized carbons (Fsp3) is 0.238. The molecular formula is C21H22ClN3O2. The molecule has 3 rings (SSSR count). The minimum atomic E-state index is -0.0737. The van der Waals surface area contributed by atoms with Gasteiger partial charge in [-0.3, -0.25) is 9.48 Å². The van der Waals surface area contributed by atoms with E-state index in [1.165, 1.54) is 7.11 Å². The molecule has 0 radical (unpaired) electrons. The highest BCUT2D eigenvalue weighted by Gasteiger charge is 2.16. The summed E-state index contributed by atoms with van der Waals surface area (Å²) in [5.41, 5.74) is 3.84. The summed E-state index contributed by atoms with van der Waals surface area (Å²) in [6.07, 6.45) is 1.97. The minimum Gasteiger partial charge on any atom is -0.375 e. The van der Waals surface area contributed by atoms with Crippen molar-refractivity contribution in [1.82, 2.24) is 14.7 Å². The molecule has 0 spiro atoms. The van der Waals surface area contributed by atoms with Crippen LogP contribution >= 0.6 is 11.6 Å².